The average molecular weight is 323 g/mol. The fraction of sp³-hybridized carbons (Fsp3) is 0.417. The fourth-order valence-corrected chi connectivity index (χ4v) is 3.02. The van der Waals surface area contributed by atoms with Crippen LogP contribution in [0.3, 0.4) is 0 Å². The van der Waals surface area contributed by atoms with Gasteiger partial charge in [0.05, 0.1) is 5.75 Å². The summed E-state index contributed by atoms with van der Waals surface area (Å²) in [6, 6.07) is 5.35. The van der Waals surface area contributed by atoms with Crippen LogP contribution in [0.5, 0.6) is 5.75 Å². The fourth-order valence-electron chi connectivity index (χ4n) is 2.23. The molecule has 0 spiro atoms. The van der Waals surface area contributed by atoms with Gasteiger partial charge in [0.1, 0.15) is 5.75 Å². The lowest BCUT2D eigenvalue weighted by molar-refractivity contribution is -0.117. The number of halogens is 3. The van der Waals surface area contributed by atoms with Crippen molar-refractivity contribution in [2.24, 2.45) is 5.92 Å². The Balaban J connectivity index is 2.06. The van der Waals surface area contributed by atoms with Crippen LogP contribution in [0.4, 0.5) is 18.4 Å². The zero-order valence-corrected chi connectivity index (χ0v) is 11.5. The van der Waals surface area contributed by atoms with Crippen molar-refractivity contribution in [3.05, 3.63) is 24.3 Å². The molecule has 0 N–H and O–H groups in total. The molecule has 0 aliphatic carbocycles. The lowest BCUT2D eigenvalue weighted by atomic mass is 10.1. The molecule has 21 heavy (non-hydrogen) atoms. The molecule has 1 aromatic carbocycles. The van der Waals surface area contributed by atoms with Crippen LogP contribution in [-0.2, 0) is 15.0 Å². The second kappa shape index (κ2) is 5.92. The first kappa shape index (κ1) is 15.6. The minimum atomic E-state index is -4.64. The summed E-state index contributed by atoms with van der Waals surface area (Å²) in [5, 5.41) is 0. The number of carbonyl (C=O) groups excluding carboxylic acids is 1. The lowest BCUT2D eigenvalue weighted by Gasteiger charge is -2.17. The smallest absolute Gasteiger partial charge is 0.387 e. The summed E-state index contributed by atoms with van der Waals surface area (Å²) in [6.07, 6.45) is -0.0710. The predicted molar refractivity (Wildman–Crippen MR) is 68.4 cm³/mol. The second-order valence-electron chi connectivity index (χ2n) is 4.65. The van der Waals surface area contributed by atoms with Gasteiger partial charge in [0, 0.05) is 24.6 Å². The van der Waals surface area contributed by atoms with E-state index in [0.717, 1.165) is 0 Å². The van der Waals surface area contributed by atoms with Crippen molar-refractivity contribution in [1.29, 1.82) is 0 Å². The maximum absolute atomic E-state index is 12.6. The van der Waals surface area contributed by atoms with E-state index in [4.69, 9.17) is 0 Å². The van der Waals surface area contributed by atoms with Gasteiger partial charge in [0.25, 0.3) is 0 Å². The standard InChI is InChI=1S/C12H12F3NO4S/c13-12(14)20-10-3-1-9(2-4-10)16-6-8(5-11(16)17)7-21(15,18)19/h1-4,8,12H,5-7H2. The monoisotopic (exact) mass is 323 g/mol. The summed E-state index contributed by atoms with van der Waals surface area (Å²) in [6.45, 7) is -2.87. The highest BCUT2D eigenvalue weighted by molar-refractivity contribution is 7.86. The minimum absolute atomic E-state index is 0.0525. The molecule has 0 saturated carbocycles. The Morgan fingerprint density at radius 2 is 1.90 bits per heavy atom. The van der Waals surface area contributed by atoms with Crippen LogP contribution in [0.1, 0.15) is 6.42 Å². The lowest BCUT2D eigenvalue weighted by Crippen LogP contribution is -2.25. The first-order chi connectivity index (χ1) is 9.74. The van der Waals surface area contributed by atoms with Gasteiger partial charge in [-0.05, 0) is 24.3 Å². The van der Waals surface area contributed by atoms with Gasteiger partial charge >= 0.3 is 16.8 Å². The number of carbonyl (C=O) groups is 1. The van der Waals surface area contributed by atoms with Gasteiger partial charge in [0.2, 0.25) is 5.91 Å². The molecule has 116 valence electrons. The van der Waals surface area contributed by atoms with E-state index in [0.29, 0.717) is 5.69 Å². The highest BCUT2D eigenvalue weighted by Gasteiger charge is 2.33. The van der Waals surface area contributed by atoms with Crippen molar-refractivity contribution < 1.29 is 30.6 Å². The molecule has 1 atom stereocenters. The normalized spacial score (nSPS) is 19.3. The van der Waals surface area contributed by atoms with Crippen LogP contribution in [-0.4, -0.2) is 33.2 Å². The van der Waals surface area contributed by atoms with Gasteiger partial charge < -0.3 is 9.64 Å². The van der Waals surface area contributed by atoms with Crippen LogP contribution >= 0.6 is 0 Å². The highest BCUT2D eigenvalue weighted by Crippen LogP contribution is 2.28. The number of hydrogen-bond acceptors (Lipinski definition) is 4. The predicted octanol–water partition coefficient (Wildman–Crippen LogP) is 1.94. The molecule has 5 nitrogen and oxygen atoms in total. The molecule has 0 radical (unpaired) electrons. The van der Waals surface area contributed by atoms with Crippen LogP contribution in [0.25, 0.3) is 0 Å². The van der Waals surface area contributed by atoms with Crippen molar-refractivity contribution >= 4 is 21.8 Å². The van der Waals surface area contributed by atoms with E-state index in [9.17, 15) is 25.9 Å². The van der Waals surface area contributed by atoms with E-state index in [2.05, 4.69) is 4.74 Å². The topological polar surface area (TPSA) is 63.7 Å². The van der Waals surface area contributed by atoms with E-state index < -0.39 is 28.5 Å². The Kier molecular flexibility index (Phi) is 4.40. The molecule has 0 bridgehead atoms. The molecular formula is C12H12F3NO4S. The Labute approximate surface area is 119 Å². The number of nitrogens with zero attached hydrogens (tertiary/aromatic N) is 1. The third-order valence-corrected chi connectivity index (χ3v) is 3.88. The van der Waals surface area contributed by atoms with Gasteiger partial charge in [-0.2, -0.15) is 17.2 Å². The zero-order valence-electron chi connectivity index (χ0n) is 10.7. The summed E-state index contributed by atoms with van der Waals surface area (Å²) < 4.78 is 62.0. The van der Waals surface area contributed by atoms with E-state index in [-0.39, 0.29) is 24.6 Å². The largest absolute Gasteiger partial charge is 0.435 e. The molecule has 1 amide bonds. The molecule has 1 aromatic rings. The van der Waals surface area contributed by atoms with Gasteiger partial charge in [-0.3, -0.25) is 4.79 Å². The minimum Gasteiger partial charge on any atom is -0.435 e. The molecular weight excluding hydrogens is 311 g/mol. The van der Waals surface area contributed by atoms with E-state index in [1.54, 1.807) is 0 Å². The van der Waals surface area contributed by atoms with Crippen molar-refractivity contribution in [2.45, 2.75) is 13.0 Å². The quantitative estimate of drug-likeness (QED) is 0.777. The second-order valence-corrected chi connectivity index (χ2v) is 6.06. The molecule has 1 saturated heterocycles. The van der Waals surface area contributed by atoms with Crippen molar-refractivity contribution in [3.63, 3.8) is 0 Å². The number of amides is 1. The number of benzene rings is 1. The number of ether oxygens (including phenoxy) is 1. The van der Waals surface area contributed by atoms with Crippen LogP contribution < -0.4 is 9.64 Å². The number of anilines is 1. The number of alkyl halides is 2. The Bertz CT molecular complexity index is 618. The number of hydrogen-bond donors (Lipinski definition) is 0. The van der Waals surface area contributed by atoms with Crippen molar-refractivity contribution in [2.75, 3.05) is 17.2 Å². The Morgan fingerprint density at radius 1 is 1.29 bits per heavy atom. The van der Waals surface area contributed by atoms with E-state index in [1.807, 2.05) is 0 Å². The molecule has 1 fully saturated rings. The molecule has 0 aromatic heterocycles. The van der Waals surface area contributed by atoms with Crippen LogP contribution in [0.2, 0.25) is 0 Å². The summed E-state index contributed by atoms with van der Waals surface area (Å²) in [5.74, 6) is -1.72. The van der Waals surface area contributed by atoms with E-state index in [1.165, 1.54) is 29.2 Å². The Hall–Kier alpha value is -1.77. The van der Waals surface area contributed by atoms with Gasteiger partial charge in [-0.1, -0.05) is 0 Å². The van der Waals surface area contributed by atoms with Gasteiger partial charge in [-0.15, -0.1) is 3.89 Å². The molecule has 2 rings (SSSR count). The number of rotatable bonds is 5. The molecule has 1 unspecified atom stereocenters. The van der Waals surface area contributed by atoms with Gasteiger partial charge in [-0.25, -0.2) is 0 Å². The third-order valence-electron chi connectivity index (χ3n) is 3.01. The van der Waals surface area contributed by atoms with Crippen LogP contribution in [0.15, 0.2) is 24.3 Å². The summed E-state index contributed by atoms with van der Waals surface area (Å²) in [7, 11) is -4.64. The van der Waals surface area contributed by atoms with Crippen molar-refractivity contribution in [3.8, 4) is 5.75 Å². The molecule has 9 heteroatoms. The third kappa shape index (κ3) is 4.35. The molecule has 1 aliphatic rings. The molecule has 1 aliphatic heterocycles. The van der Waals surface area contributed by atoms with Crippen LogP contribution in [0, 0.1) is 5.92 Å². The maximum atomic E-state index is 12.6. The average Bonchev–Trinajstić information content (AvgIpc) is 2.68. The van der Waals surface area contributed by atoms with Gasteiger partial charge in [0.15, 0.2) is 0 Å². The molecule has 1 heterocycles. The summed E-state index contributed by atoms with van der Waals surface area (Å²) in [4.78, 5) is 13.1. The first-order valence-corrected chi connectivity index (χ1v) is 7.57. The summed E-state index contributed by atoms with van der Waals surface area (Å²) in [5.41, 5.74) is 0.417. The van der Waals surface area contributed by atoms with E-state index >= 15 is 0 Å². The SMILES string of the molecule is O=C1CC(CS(=O)(=O)F)CN1c1ccc(OC(F)F)cc1. The maximum Gasteiger partial charge on any atom is 0.387 e. The summed E-state index contributed by atoms with van der Waals surface area (Å²) >= 11 is 0. The first-order valence-electron chi connectivity index (χ1n) is 6.02. The highest BCUT2D eigenvalue weighted by atomic mass is 32.3. The zero-order chi connectivity index (χ0) is 15.6. The Morgan fingerprint density at radius 3 is 2.43 bits per heavy atom. The van der Waals surface area contributed by atoms with Crippen molar-refractivity contribution in [1.82, 2.24) is 0 Å².